The molecular formula is C17H17ClN4O3. The lowest BCUT2D eigenvalue weighted by molar-refractivity contribution is 0.0697. The summed E-state index contributed by atoms with van der Waals surface area (Å²) in [5, 5.41) is 9.43. The fraction of sp³-hybridized carbons (Fsp3) is 0.118. The largest absolute Gasteiger partial charge is 0.478 e. The first kappa shape index (κ1) is 18.3. The highest BCUT2D eigenvalue weighted by Gasteiger charge is 2.25. The van der Waals surface area contributed by atoms with E-state index in [-0.39, 0.29) is 29.8 Å². The minimum absolute atomic E-state index is 0. The Balaban J connectivity index is 0.00000225. The van der Waals surface area contributed by atoms with E-state index in [4.69, 9.17) is 11.5 Å². The Kier molecular flexibility index (Phi) is 4.99. The molecule has 1 heterocycles. The molecule has 0 aliphatic carbocycles. The maximum Gasteiger partial charge on any atom is 0.336 e. The molecule has 25 heavy (non-hydrogen) atoms. The molecule has 7 nitrogen and oxygen atoms in total. The molecule has 5 N–H and O–H groups in total. The standard InChI is InChI=1S/C17H16N4O3.ClH/c1-21-8-10-6-9(2-4-12(10)15(21)22)14-7-11(20-17(18)19)3-5-13(14)16(23)24;/h2-7H,8H2,1H3,(H,23,24)(H4,18,19,20);1H. The molecule has 1 aliphatic rings. The predicted octanol–water partition coefficient (Wildman–Crippen LogP) is 1.96. The number of halogens is 1. The third-order valence-corrected chi connectivity index (χ3v) is 3.89. The molecule has 0 fully saturated rings. The van der Waals surface area contributed by atoms with Gasteiger partial charge in [0, 0.05) is 19.2 Å². The Hall–Kier alpha value is -3.06. The maximum absolute atomic E-state index is 12.0. The van der Waals surface area contributed by atoms with Crippen molar-refractivity contribution in [1.29, 1.82) is 0 Å². The number of fused-ring (bicyclic) bond motifs is 1. The number of carboxylic acid groups (broad SMARTS) is 1. The highest BCUT2D eigenvalue weighted by molar-refractivity contribution is 6.00. The molecule has 1 aliphatic heterocycles. The van der Waals surface area contributed by atoms with Crippen molar-refractivity contribution in [2.24, 2.45) is 16.5 Å². The summed E-state index contributed by atoms with van der Waals surface area (Å²) in [7, 11) is 1.73. The maximum atomic E-state index is 12.0. The van der Waals surface area contributed by atoms with Crippen LogP contribution in [0.25, 0.3) is 11.1 Å². The van der Waals surface area contributed by atoms with Crippen molar-refractivity contribution in [1.82, 2.24) is 4.90 Å². The fourth-order valence-corrected chi connectivity index (χ4v) is 2.81. The molecule has 8 heteroatoms. The number of aromatic carboxylic acids is 1. The first-order valence-electron chi connectivity index (χ1n) is 7.22. The molecule has 0 saturated heterocycles. The second kappa shape index (κ2) is 6.82. The number of nitrogens with two attached hydrogens (primary N) is 2. The van der Waals surface area contributed by atoms with Crippen molar-refractivity contribution >= 4 is 35.9 Å². The van der Waals surface area contributed by atoms with Crippen molar-refractivity contribution < 1.29 is 14.7 Å². The number of nitrogens with zero attached hydrogens (tertiary/aromatic N) is 2. The highest BCUT2D eigenvalue weighted by Crippen LogP contribution is 2.32. The summed E-state index contributed by atoms with van der Waals surface area (Å²) < 4.78 is 0. The Labute approximate surface area is 150 Å². The number of carboxylic acids is 1. The van der Waals surface area contributed by atoms with Crippen LogP contribution in [0, 0.1) is 0 Å². The molecule has 0 saturated carbocycles. The zero-order valence-corrected chi connectivity index (χ0v) is 14.2. The lowest BCUT2D eigenvalue weighted by Crippen LogP contribution is -2.21. The van der Waals surface area contributed by atoms with E-state index in [0.29, 0.717) is 28.9 Å². The molecular weight excluding hydrogens is 344 g/mol. The lowest BCUT2D eigenvalue weighted by Gasteiger charge is -2.09. The van der Waals surface area contributed by atoms with E-state index in [0.717, 1.165) is 5.56 Å². The van der Waals surface area contributed by atoms with Gasteiger partial charge in [0.2, 0.25) is 0 Å². The molecule has 0 spiro atoms. The van der Waals surface area contributed by atoms with E-state index < -0.39 is 5.97 Å². The van der Waals surface area contributed by atoms with Crippen LogP contribution >= 0.6 is 12.4 Å². The Bertz CT molecular complexity index is 891. The van der Waals surface area contributed by atoms with Gasteiger partial charge in [0.05, 0.1) is 11.3 Å². The number of hydrogen-bond acceptors (Lipinski definition) is 3. The van der Waals surface area contributed by atoms with Crippen LogP contribution in [0.3, 0.4) is 0 Å². The average molecular weight is 361 g/mol. The van der Waals surface area contributed by atoms with Gasteiger partial charge in [-0.3, -0.25) is 4.79 Å². The molecule has 130 valence electrons. The molecule has 0 bridgehead atoms. The average Bonchev–Trinajstić information content (AvgIpc) is 2.80. The van der Waals surface area contributed by atoms with E-state index in [1.165, 1.54) is 12.1 Å². The predicted molar refractivity (Wildman–Crippen MR) is 97.4 cm³/mol. The second-order valence-electron chi connectivity index (χ2n) is 5.60. The van der Waals surface area contributed by atoms with E-state index in [9.17, 15) is 14.7 Å². The summed E-state index contributed by atoms with van der Waals surface area (Å²) in [4.78, 5) is 29.1. The monoisotopic (exact) mass is 360 g/mol. The van der Waals surface area contributed by atoms with Gasteiger partial charge >= 0.3 is 5.97 Å². The van der Waals surface area contributed by atoms with Crippen LogP contribution in [0.5, 0.6) is 0 Å². The van der Waals surface area contributed by atoms with Crippen LogP contribution < -0.4 is 11.5 Å². The topological polar surface area (TPSA) is 122 Å². The summed E-state index contributed by atoms with van der Waals surface area (Å²) in [5.41, 5.74) is 14.1. The van der Waals surface area contributed by atoms with Gasteiger partial charge in [-0.1, -0.05) is 6.07 Å². The van der Waals surface area contributed by atoms with Crippen molar-refractivity contribution in [2.75, 3.05) is 7.05 Å². The summed E-state index contributed by atoms with van der Waals surface area (Å²) in [6.07, 6.45) is 0. The molecule has 0 unspecified atom stereocenters. The molecule has 2 aromatic carbocycles. The van der Waals surface area contributed by atoms with Crippen LogP contribution in [-0.2, 0) is 6.54 Å². The summed E-state index contributed by atoms with van der Waals surface area (Å²) in [6, 6.07) is 9.90. The van der Waals surface area contributed by atoms with Gasteiger partial charge < -0.3 is 21.5 Å². The zero-order valence-electron chi connectivity index (χ0n) is 13.4. The molecule has 0 radical (unpaired) electrons. The van der Waals surface area contributed by atoms with Crippen LogP contribution in [-0.4, -0.2) is 34.9 Å². The van der Waals surface area contributed by atoms with Gasteiger partial charge in [-0.2, -0.15) is 0 Å². The van der Waals surface area contributed by atoms with Crippen molar-refractivity contribution in [3.05, 3.63) is 53.1 Å². The van der Waals surface area contributed by atoms with E-state index in [1.807, 2.05) is 6.07 Å². The van der Waals surface area contributed by atoms with Crippen molar-refractivity contribution in [3.8, 4) is 11.1 Å². The highest BCUT2D eigenvalue weighted by atomic mass is 35.5. The second-order valence-corrected chi connectivity index (χ2v) is 5.60. The Morgan fingerprint density at radius 3 is 2.52 bits per heavy atom. The van der Waals surface area contributed by atoms with E-state index in [1.54, 1.807) is 30.1 Å². The minimum atomic E-state index is -1.05. The first-order valence-corrected chi connectivity index (χ1v) is 7.22. The van der Waals surface area contributed by atoms with E-state index >= 15 is 0 Å². The van der Waals surface area contributed by atoms with Crippen molar-refractivity contribution in [2.45, 2.75) is 6.54 Å². The molecule has 1 amide bonds. The number of hydrogen-bond donors (Lipinski definition) is 3. The van der Waals surface area contributed by atoms with Gasteiger partial charge in [-0.05, 0) is 47.0 Å². The third kappa shape index (κ3) is 3.41. The molecule has 3 rings (SSSR count). The SMILES string of the molecule is CN1Cc2cc(-c3cc(N=C(N)N)ccc3C(=O)O)ccc2C1=O.Cl. The summed E-state index contributed by atoms with van der Waals surface area (Å²) in [5.74, 6) is -1.19. The molecule has 0 atom stereocenters. The van der Waals surface area contributed by atoms with Crippen LogP contribution in [0.15, 0.2) is 41.4 Å². The lowest BCUT2D eigenvalue weighted by atomic mass is 9.96. The summed E-state index contributed by atoms with van der Waals surface area (Å²) >= 11 is 0. The van der Waals surface area contributed by atoms with Crippen LogP contribution in [0.1, 0.15) is 26.3 Å². The van der Waals surface area contributed by atoms with Crippen LogP contribution in [0.4, 0.5) is 5.69 Å². The number of carbonyl (C=O) groups excluding carboxylic acids is 1. The number of guanidine groups is 1. The minimum Gasteiger partial charge on any atom is -0.478 e. The molecule has 2 aromatic rings. The number of rotatable bonds is 3. The number of benzene rings is 2. The zero-order chi connectivity index (χ0) is 17.4. The van der Waals surface area contributed by atoms with Gasteiger partial charge in [0.15, 0.2) is 5.96 Å². The Morgan fingerprint density at radius 1 is 1.16 bits per heavy atom. The first-order chi connectivity index (χ1) is 11.4. The van der Waals surface area contributed by atoms with Gasteiger partial charge in [0.1, 0.15) is 0 Å². The third-order valence-electron chi connectivity index (χ3n) is 3.89. The number of amides is 1. The van der Waals surface area contributed by atoms with Crippen molar-refractivity contribution in [3.63, 3.8) is 0 Å². The summed E-state index contributed by atoms with van der Waals surface area (Å²) in [6.45, 7) is 0.498. The number of carbonyl (C=O) groups is 2. The van der Waals surface area contributed by atoms with Crippen LogP contribution in [0.2, 0.25) is 0 Å². The number of aliphatic imine (C=N–C) groups is 1. The quantitative estimate of drug-likeness (QED) is 0.570. The normalized spacial score (nSPS) is 12.4. The molecule has 0 aromatic heterocycles. The van der Waals surface area contributed by atoms with E-state index in [2.05, 4.69) is 4.99 Å². The Morgan fingerprint density at radius 2 is 1.88 bits per heavy atom. The smallest absolute Gasteiger partial charge is 0.336 e. The van der Waals surface area contributed by atoms with Gasteiger partial charge in [-0.15, -0.1) is 12.4 Å². The van der Waals surface area contributed by atoms with Gasteiger partial charge in [-0.25, -0.2) is 9.79 Å². The fourth-order valence-electron chi connectivity index (χ4n) is 2.81. The van der Waals surface area contributed by atoms with Gasteiger partial charge in [0.25, 0.3) is 5.91 Å².